The fraction of sp³-hybridized carbons (Fsp3) is 0.400. The van der Waals surface area contributed by atoms with Gasteiger partial charge in [0.1, 0.15) is 0 Å². The van der Waals surface area contributed by atoms with Gasteiger partial charge in [0.15, 0.2) is 9.84 Å². The van der Waals surface area contributed by atoms with Crippen LogP contribution in [-0.4, -0.2) is 47.8 Å². The average Bonchev–Trinajstić information content (AvgIpc) is 3.16. The van der Waals surface area contributed by atoms with Crippen molar-refractivity contribution in [1.82, 2.24) is 9.88 Å². The summed E-state index contributed by atoms with van der Waals surface area (Å²) in [5.41, 5.74) is 1.64. The second-order valence-corrected chi connectivity index (χ2v) is 11.3. The lowest BCUT2D eigenvalue weighted by Crippen LogP contribution is -2.50. The first-order valence-corrected chi connectivity index (χ1v) is 13.4. The number of carbonyl (C=O) groups excluding carboxylic acids is 1. The van der Waals surface area contributed by atoms with Crippen LogP contribution in [0.2, 0.25) is 0 Å². The zero-order valence-electron chi connectivity index (χ0n) is 19.3. The maximum atomic E-state index is 13.5. The molecule has 3 aromatic rings. The molecule has 1 aliphatic carbocycles. The van der Waals surface area contributed by atoms with Crippen LogP contribution in [0, 0.1) is 11.8 Å². The molecular formula is C25H31BN2O5S. The normalized spacial score (nSPS) is 16.1. The Balaban J connectivity index is 1.60. The Bertz CT molecular complexity index is 1240. The number of fused-ring (bicyclic) bond motifs is 1. The van der Waals surface area contributed by atoms with Crippen LogP contribution in [0.15, 0.2) is 65.7 Å². The predicted octanol–water partition coefficient (Wildman–Crippen LogP) is 2.50. The lowest BCUT2D eigenvalue weighted by atomic mass is 9.69. The van der Waals surface area contributed by atoms with E-state index in [-0.39, 0.29) is 17.1 Å². The van der Waals surface area contributed by atoms with Crippen molar-refractivity contribution in [2.75, 3.05) is 5.75 Å². The minimum Gasteiger partial charge on any atom is -0.426 e. The Kier molecular flexibility index (Phi) is 7.45. The van der Waals surface area contributed by atoms with E-state index in [1.807, 2.05) is 54.2 Å². The van der Waals surface area contributed by atoms with Crippen molar-refractivity contribution in [1.29, 1.82) is 0 Å². The third-order valence-corrected chi connectivity index (χ3v) is 8.71. The maximum Gasteiger partial charge on any atom is 0.475 e. The number of amides is 1. The van der Waals surface area contributed by atoms with Crippen molar-refractivity contribution in [2.45, 2.75) is 42.9 Å². The van der Waals surface area contributed by atoms with Crippen LogP contribution < -0.4 is 5.32 Å². The van der Waals surface area contributed by atoms with Crippen LogP contribution in [0.4, 0.5) is 0 Å². The lowest BCUT2D eigenvalue weighted by molar-refractivity contribution is -0.124. The number of benzene rings is 2. The van der Waals surface area contributed by atoms with E-state index < -0.39 is 34.7 Å². The van der Waals surface area contributed by atoms with E-state index in [0.29, 0.717) is 17.7 Å². The molecule has 9 heteroatoms. The molecule has 0 bridgehead atoms. The molecular weight excluding hydrogens is 451 g/mol. The van der Waals surface area contributed by atoms with Crippen LogP contribution in [0.3, 0.4) is 0 Å². The highest BCUT2D eigenvalue weighted by Gasteiger charge is 2.34. The number of rotatable bonds is 10. The highest BCUT2D eigenvalue weighted by molar-refractivity contribution is 7.91. The van der Waals surface area contributed by atoms with Gasteiger partial charge in [-0.25, -0.2) is 8.42 Å². The summed E-state index contributed by atoms with van der Waals surface area (Å²) in [5, 5.41) is 23.1. The first-order valence-electron chi connectivity index (χ1n) is 11.7. The van der Waals surface area contributed by atoms with E-state index in [1.54, 1.807) is 18.2 Å². The molecule has 1 fully saturated rings. The summed E-state index contributed by atoms with van der Waals surface area (Å²) in [7, 11) is -3.65. The van der Waals surface area contributed by atoms with Gasteiger partial charge >= 0.3 is 7.12 Å². The Hall–Kier alpha value is -2.62. The molecule has 34 heavy (non-hydrogen) atoms. The smallest absolute Gasteiger partial charge is 0.426 e. The molecule has 4 rings (SSSR count). The number of aryl methyl sites for hydroxylation is 1. The first kappa shape index (κ1) is 24.5. The second kappa shape index (κ2) is 10.3. The zero-order valence-corrected chi connectivity index (χ0v) is 20.1. The zero-order chi connectivity index (χ0) is 24.3. The van der Waals surface area contributed by atoms with Gasteiger partial charge in [0.05, 0.1) is 22.5 Å². The summed E-state index contributed by atoms with van der Waals surface area (Å²) in [6.45, 7) is 0. The van der Waals surface area contributed by atoms with Crippen LogP contribution in [0.1, 0.15) is 31.2 Å². The molecule has 3 N–H and O–H groups in total. The van der Waals surface area contributed by atoms with Gasteiger partial charge < -0.3 is 19.9 Å². The van der Waals surface area contributed by atoms with E-state index in [0.717, 1.165) is 30.3 Å². The highest BCUT2D eigenvalue weighted by atomic mass is 32.2. The molecule has 1 saturated carbocycles. The summed E-state index contributed by atoms with van der Waals surface area (Å²) < 4.78 is 28.9. The summed E-state index contributed by atoms with van der Waals surface area (Å²) in [5.74, 6) is -2.21. The SMILES string of the molecule is Cn1ccc2c(S(=O)(=O)C[C@@H](Cc3ccccc3)C(=O)N[C@@H](CC3CCC3)B(O)O)cccc21. The summed E-state index contributed by atoms with van der Waals surface area (Å²) in [6, 6.07) is 16.2. The number of sulfone groups is 1. The number of nitrogens with one attached hydrogen (secondary N) is 1. The Morgan fingerprint density at radius 1 is 1.12 bits per heavy atom. The van der Waals surface area contributed by atoms with Crippen LogP contribution >= 0.6 is 0 Å². The van der Waals surface area contributed by atoms with Gasteiger partial charge in [-0.3, -0.25) is 4.79 Å². The molecule has 0 unspecified atom stereocenters. The minimum atomic E-state index is -3.81. The van der Waals surface area contributed by atoms with Crippen LogP contribution in [0.25, 0.3) is 10.9 Å². The Labute approximate surface area is 200 Å². The number of hydrogen-bond donors (Lipinski definition) is 3. The number of aromatic nitrogens is 1. The second-order valence-electron chi connectivity index (χ2n) is 9.34. The van der Waals surface area contributed by atoms with Crippen molar-refractivity contribution >= 4 is 33.8 Å². The number of nitrogens with zero attached hydrogens (tertiary/aromatic N) is 1. The van der Waals surface area contributed by atoms with Gasteiger partial charge in [0, 0.05) is 24.1 Å². The molecule has 0 spiro atoms. The topological polar surface area (TPSA) is 109 Å². The molecule has 2 aromatic carbocycles. The maximum absolute atomic E-state index is 13.5. The van der Waals surface area contributed by atoms with E-state index in [2.05, 4.69) is 5.32 Å². The quantitative estimate of drug-likeness (QED) is 0.385. The third-order valence-electron chi connectivity index (χ3n) is 6.84. The molecule has 7 nitrogen and oxygen atoms in total. The van der Waals surface area contributed by atoms with Crippen LogP contribution in [0.5, 0.6) is 0 Å². The number of carbonyl (C=O) groups is 1. The molecule has 180 valence electrons. The molecule has 0 aliphatic heterocycles. The van der Waals surface area contributed by atoms with Crippen molar-refractivity contribution in [3.05, 3.63) is 66.4 Å². The standard InChI is InChI=1S/C25H31BN2O5S/c1-28-14-13-21-22(28)11-6-12-23(21)34(32,33)17-20(15-18-7-3-2-4-8-18)25(29)27-24(26(30)31)16-19-9-5-10-19/h2-4,6-8,11-14,19-20,24,30-31H,5,9-10,15-17H2,1H3,(H,27,29)/t20-,24+/m1/s1. The Morgan fingerprint density at radius 2 is 1.85 bits per heavy atom. The lowest BCUT2D eigenvalue weighted by Gasteiger charge is -2.30. The van der Waals surface area contributed by atoms with Crippen molar-refractivity contribution < 1.29 is 23.3 Å². The molecule has 1 heterocycles. The van der Waals surface area contributed by atoms with Gasteiger partial charge in [-0.15, -0.1) is 0 Å². The van der Waals surface area contributed by atoms with Crippen LogP contribution in [-0.2, 0) is 28.1 Å². The molecule has 1 aromatic heterocycles. The largest absolute Gasteiger partial charge is 0.475 e. The van der Waals surface area contributed by atoms with Crippen molar-refractivity contribution in [3.8, 4) is 0 Å². The van der Waals surface area contributed by atoms with E-state index in [4.69, 9.17) is 0 Å². The van der Waals surface area contributed by atoms with Gasteiger partial charge in [0.2, 0.25) is 5.91 Å². The third kappa shape index (κ3) is 5.54. The van der Waals surface area contributed by atoms with Crippen molar-refractivity contribution in [2.24, 2.45) is 18.9 Å². The summed E-state index contributed by atoms with van der Waals surface area (Å²) in [6.07, 6.45) is 5.62. The summed E-state index contributed by atoms with van der Waals surface area (Å²) >= 11 is 0. The van der Waals surface area contributed by atoms with Gasteiger partial charge in [-0.1, -0.05) is 55.7 Å². The van der Waals surface area contributed by atoms with Gasteiger partial charge in [-0.05, 0) is 42.5 Å². The number of hydrogen-bond acceptors (Lipinski definition) is 5. The van der Waals surface area contributed by atoms with Crippen molar-refractivity contribution in [3.63, 3.8) is 0 Å². The minimum absolute atomic E-state index is 0.199. The van der Waals surface area contributed by atoms with E-state index in [9.17, 15) is 23.3 Å². The summed E-state index contributed by atoms with van der Waals surface area (Å²) in [4.78, 5) is 13.5. The predicted molar refractivity (Wildman–Crippen MR) is 133 cm³/mol. The fourth-order valence-electron chi connectivity index (χ4n) is 4.67. The Morgan fingerprint density at radius 3 is 2.50 bits per heavy atom. The van der Waals surface area contributed by atoms with Gasteiger partial charge in [0.25, 0.3) is 0 Å². The molecule has 0 saturated heterocycles. The first-order chi connectivity index (χ1) is 16.2. The molecule has 2 atom stereocenters. The van der Waals surface area contributed by atoms with E-state index in [1.165, 1.54) is 0 Å². The average molecular weight is 482 g/mol. The fourth-order valence-corrected chi connectivity index (χ4v) is 6.44. The van der Waals surface area contributed by atoms with Gasteiger partial charge in [-0.2, -0.15) is 0 Å². The molecule has 1 amide bonds. The molecule has 1 aliphatic rings. The highest BCUT2D eigenvalue weighted by Crippen LogP contribution is 2.31. The monoisotopic (exact) mass is 482 g/mol. The molecule has 0 radical (unpaired) electrons. The van der Waals surface area contributed by atoms with E-state index >= 15 is 0 Å².